The van der Waals surface area contributed by atoms with Crippen molar-refractivity contribution in [3.8, 4) is 0 Å². The summed E-state index contributed by atoms with van der Waals surface area (Å²) in [6, 6.07) is 17.9. The molecular weight excluding hydrogens is 266 g/mol. The Labute approximate surface area is 126 Å². The van der Waals surface area contributed by atoms with Gasteiger partial charge in [0.05, 0.1) is 0 Å². The van der Waals surface area contributed by atoms with Gasteiger partial charge in [0.25, 0.3) is 0 Å². The highest BCUT2D eigenvalue weighted by Gasteiger charge is 2.19. The van der Waals surface area contributed by atoms with Crippen molar-refractivity contribution in [2.45, 2.75) is 38.3 Å². The average Bonchev–Trinajstić information content (AvgIpc) is 2.48. The van der Waals surface area contributed by atoms with Gasteiger partial charge in [-0.3, -0.25) is 0 Å². The lowest BCUT2D eigenvalue weighted by atomic mass is 9.88. The molecule has 1 aliphatic rings. The molecule has 1 nitrogen and oxygen atoms in total. The molecule has 0 fully saturated rings. The van der Waals surface area contributed by atoms with E-state index in [2.05, 4.69) is 48.6 Å². The summed E-state index contributed by atoms with van der Waals surface area (Å²) in [4.78, 5) is 0. The number of nitrogens with one attached hydrogen (secondary N) is 1. The zero-order chi connectivity index (χ0) is 13.9. The molecule has 0 aromatic heterocycles. The molecule has 2 aromatic carbocycles. The normalized spacial score (nSPS) is 19.4. The van der Waals surface area contributed by atoms with Crippen molar-refractivity contribution >= 4 is 11.6 Å². The maximum absolute atomic E-state index is 5.94. The summed E-state index contributed by atoms with van der Waals surface area (Å²) in [6.45, 7) is 2.23. The second-order valence-corrected chi connectivity index (χ2v) is 6.08. The summed E-state index contributed by atoms with van der Waals surface area (Å²) < 4.78 is 0. The summed E-state index contributed by atoms with van der Waals surface area (Å²) in [7, 11) is 0. The third-order valence-electron chi connectivity index (χ3n) is 4.20. The van der Waals surface area contributed by atoms with Gasteiger partial charge in [-0.25, -0.2) is 0 Å². The van der Waals surface area contributed by atoms with Gasteiger partial charge in [-0.1, -0.05) is 48.0 Å². The molecule has 0 radical (unpaired) electrons. The van der Waals surface area contributed by atoms with Gasteiger partial charge < -0.3 is 5.32 Å². The molecule has 0 heterocycles. The first-order valence-electron chi connectivity index (χ1n) is 7.30. The van der Waals surface area contributed by atoms with E-state index < -0.39 is 0 Å². The number of benzene rings is 2. The molecule has 1 aliphatic carbocycles. The third-order valence-corrected chi connectivity index (χ3v) is 4.45. The molecule has 1 unspecified atom stereocenters. The molecule has 20 heavy (non-hydrogen) atoms. The second kappa shape index (κ2) is 5.99. The summed E-state index contributed by atoms with van der Waals surface area (Å²) in [5.74, 6) is 0. The van der Waals surface area contributed by atoms with E-state index in [-0.39, 0.29) is 0 Å². The number of hydrogen-bond donors (Lipinski definition) is 1. The number of hydrogen-bond acceptors (Lipinski definition) is 1. The Morgan fingerprint density at radius 2 is 1.75 bits per heavy atom. The molecule has 2 atom stereocenters. The van der Waals surface area contributed by atoms with Crippen molar-refractivity contribution < 1.29 is 0 Å². The molecule has 0 spiro atoms. The van der Waals surface area contributed by atoms with Crippen LogP contribution in [0.3, 0.4) is 0 Å². The van der Waals surface area contributed by atoms with Crippen LogP contribution in [0.25, 0.3) is 0 Å². The molecule has 0 bridgehead atoms. The van der Waals surface area contributed by atoms with E-state index in [0.29, 0.717) is 12.1 Å². The van der Waals surface area contributed by atoms with E-state index in [0.717, 1.165) is 11.4 Å². The largest absolute Gasteiger partial charge is 0.307 e. The van der Waals surface area contributed by atoms with Gasteiger partial charge in [-0.2, -0.15) is 0 Å². The maximum atomic E-state index is 5.94. The minimum atomic E-state index is 0.363. The number of aryl methyl sites for hydroxylation is 1. The Morgan fingerprint density at radius 3 is 2.50 bits per heavy atom. The highest BCUT2D eigenvalue weighted by molar-refractivity contribution is 6.30. The Morgan fingerprint density at radius 1 is 1.05 bits per heavy atom. The van der Waals surface area contributed by atoms with Crippen molar-refractivity contribution in [3.63, 3.8) is 0 Å². The van der Waals surface area contributed by atoms with E-state index >= 15 is 0 Å². The lowest BCUT2D eigenvalue weighted by Crippen LogP contribution is -2.36. The van der Waals surface area contributed by atoms with Crippen molar-refractivity contribution in [2.24, 2.45) is 0 Å². The summed E-state index contributed by atoms with van der Waals surface area (Å²) in [5, 5.41) is 4.55. The standard InChI is InChI=1S/C18H20ClN/c1-13(14-6-9-17(19)10-7-14)20-18-11-8-15-4-2-3-5-16(15)12-18/h2-7,9-10,13,18,20H,8,11-12H2,1H3/t13-,18?/m1/s1. The molecule has 0 aliphatic heterocycles. The molecule has 3 rings (SSSR count). The molecule has 104 valence electrons. The topological polar surface area (TPSA) is 12.0 Å². The zero-order valence-electron chi connectivity index (χ0n) is 11.8. The fourth-order valence-corrected chi connectivity index (χ4v) is 3.17. The van der Waals surface area contributed by atoms with Crippen LogP contribution in [0.4, 0.5) is 0 Å². The van der Waals surface area contributed by atoms with Gasteiger partial charge in [0.1, 0.15) is 0 Å². The van der Waals surface area contributed by atoms with Gasteiger partial charge in [0, 0.05) is 17.1 Å². The van der Waals surface area contributed by atoms with Crippen molar-refractivity contribution in [1.29, 1.82) is 0 Å². The lowest BCUT2D eigenvalue weighted by molar-refractivity contribution is 0.414. The van der Waals surface area contributed by atoms with Crippen LogP contribution in [0.1, 0.15) is 36.1 Å². The van der Waals surface area contributed by atoms with Crippen LogP contribution in [-0.2, 0) is 12.8 Å². The Bertz CT molecular complexity index is 576. The number of halogens is 1. The monoisotopic (exact) mass is 285 g/mol. The van der Waals surface area contributed by atoms with Crippen molar-refractivity contribution in [2.75, 3.05) is 0 Å². The first kappa shape index (κ1) is 13.7. The minimum absolute atomic E-state index is 0.363. The van der Waals surface area contributed by atoms with Crippen LogP contribution in [0, 0.1) is 0 Å². The van der Waals surface area contributed by atoms with Crippen LogP contribution >= 0.6 is 11.6 Å². The first-order valence-corrected chi connectivity index (χ1v) is 7.68. The molecule has 0 saturated heterocycles. The second-order valence-electron chi connectivity index (χ2n) is 5.65. The molecule has 0 saturated carbocycles. The first-order chi connectivity index (χ1) is 9.72. The van der Waals surface area contributed by atoms with Crippen LogP contribution in [0.5, 0.6) is 0 Å². The fraction of sp³-hybridized carbons (Fsp3) is 0.333. The Kier molecular flexibility index (Phi) is 4.09. The summed E-state index contributed by atoms with van der Waals surface area (Å²) in [6.07, 6.45) is 3.53. The quantitative estimate of drug-likeness (QED) is 0.872. The van der Waals surface area contributed by atoms with Gasteiger partial charge in [0.15, 0.2) is 0 Å². The van der Waals surface area contributed by atoms with Gasteiger partial charge in [0.2, 0.25) is 0 Å². The van der Waals surface area contributed by atoms with Crippen LogP contribution in [0.2, 0.25) is 5.02 Å². The van der Waals surface area contributed by atoms with Gasteiger partial charge in [-0.15, -0.1) is 0 Å². The van der Waals surface area contributed by atoms with E-state index in [4.69, 9.17) is 11.6 Å². The summed E-state index contributed by atoms with van der Waals surface area (Å²) in [5.41, 5.74) is 4.32. The molecule has 0 amide bonds. The van der Waals surface area contributed by atoms with E-state index in [1.165, 1.54) is 29.5 Å². The predicted octanol–water partition coefficient (Wildman–Crippen LogP) is 4.55. The van der Waals surface area contributed by atoms with Crippen molar-refractivity contribution in [1.82, 2.24) is 5.32 Å². The molecule has 2 aromatic rings. The van der Waals surface area contributed by atoms with Crippen LogP contribution < -0.4 is 5.32 Å². The average molecular weight is 286 g/mol. The fourth-order valence-electron chi connectivity index (χ4n) is 3.04. The molecule has 1 N–H and O–H groups in total. The number of fused-ring (bicyclic) bond motifs is 1. The highest BCUT2D eigenvalue weighted by Crippen LogP contribution is 2.24. The van der Waals surface area contributed by atoms with Crippen LogP contribution in [0.15, 0.2) is 48.5 Å². The highest BCUT2D eigenvalue weighted by atomic mass is 35.5. The Balaban J connectivity index is 1.66. The third kappa shape index (κ3) is 3.05. The molecular formula is C18H20ClN. The van der Waals surface area contributed by atoms with Crippen molar-refractivity contribution in [3.05, 3.63) is 70.2 Å². The van der Waals surface area contributed by atoms with Gasteiger partial charge >= 0.3 is 0 Å². The lowest BCUT2D eigenvalue weighted by Gasteiger charge is -2.28. The van der Waals surface area contributed by atoms with Gasteiger partial charge in [-0.05, 0) is 55.0 Å². The zero-order valence-corrected chi connectivity index (χ0v) is 12.5. The minimum Gasteiger partial charge on any atom is -0.307 e. The van der Waals surface area contributed by atoms with Crippen LogP contribution in [-0.4, -0.2) is 6.04 Å². The Hall–Kier alpha value is -1.31. The summed E-state index contributed by atoms with van der Waals surface area (Å²) >= 11 is 5.94. The van der Waals surface area contributed by atoms with E-state index in [9.17, 15) is 0 Å². The van der Waals surface area contributed by atoms with E-state index in [1.807, 2.05) is 12.1 Å². The maximum Gasteiger partial charge on any atom is 0.0406 e. The SMILES string of the molecule is C[C@@H](NC1CCc2ccccc2C1)c1ccc(Cl)cc1. The number of rotatable bonds is 3. The smallest absolute Gasteiger partial charge is 0.0406 e. The van der Waals surface area contributed by atoms with E-state index in [1.54, 1.807) is 0 Å². The molecule has 2 heteroatoms. The predicted molar refractivity (Wildman–Crippen MR) is 85.3 cm³/mol.